The average molecular weight is 311 g/mol. The fraction of sp³-hybridized carbons (Fsp3) is 1.00. The van der Waals surface area contributed by atoms with Gasteiger partial charge < -0.3 is 0 Å². The van der Waals surface area contributed by atoms with Crippen LogP contribution in [0, 0.1) is 70.5 Å². The zero-order valence-electron chi connectivity index (χ0n) is 13.3. The van der Waals surface area contributed by atoms with E-state index in [-0.39, 0.29) is 0 Å². The molecule has 1 heteroatoms. The second kappa shape index (κ2) is 2.78. The SMILES string of the molecule is C1C2CC3C4CC56SC7CC8C9CC(C2)(C(C14)C85)C3C6C9C7. The van der Waals surface area contributed by atoms with Gasteiger partial charge in [0.15, 0.2) is 0 Å². The first kappa shape index (κ1) is 11.1. The van der Waals surface area contributed by atoms with Crippen molar-refractivity contribution in [2.45, 2.75) is 54.9 Å². The van der Waals surface area contributed by atoms with Crippen molar-refractivity contribution >= 4 is 11.8 Å². The Morgan fingerprint density at radius 3 is 1.95 bits per heavy atom. The first-order valence-corrected chi connectivity index (χ1v) is 11.4. The summed E-state index contributed by atoms with van der Waals surface area (Å²) in [6.45, 7) is 0. The van der Waals surface area contributed by atoms with Crippen LogP contribution in [0.3, 0.4) is 0 Å². The predicted molar refractivity (Wildman–Crippen MR) is 87.3 cm³/mol. The van der Waals surface area contributed by atoms with Gasteiger partial charge in [0.2, 0.25) is 0 Å². The van der Waals surface area contributed by atoms with Crippen molar-refractivity contribution in [3.8, 4) is 0 Å². The van der Waals surface area contributed by atoms with Crippen molar-refractivity contribution in [2.24, 2.45) is 70.5 Å². The summed E-state index contributed by atoms with van der Waals surface area (Å²) in [6, 6.07) is 0. The molecule has 0 amide bonds. The molecule has 8 atom stereocenters. The molecule has 0 aromatic carbocycles. The van der Waals surface area contributed by atoms with E-state index in [1.54, 1.807) is 44.9 Å². The molecular weight excluding hydrogens is 284 g/mol. The third-order valence-corrected chi connectivity index (χ3v) is 13.6. The number of hydrogen-bond donors (Lipinski definition) is 0. The lowest BCUT2D eigenvalue weighted by atomic mass is 9.18. The minimum Gasteiger partial charge on any atom is -0.151 e. The molecule has 13 aliphatic rings. The molecular formula is C21H26S. The average Bonchev–Trinajstić information content (AvgIpc) is 2.52. The molecule has 8 unspecified atom stereocenters. The highest BCUT2D eigenvalue weighted by atomic mass is 32.2. The molecule has 116 valence electrons. The Hall–Kier alpha value is 0.350. The zero-order chi connectivity index (χ0) is 13.6. The molecule has 14 bridgehead atoms. The maximum absolute atomic E-state index is 2.61. The molecule has 0 radical (unpaired) electrons. The summed E-state index contributed by atoms with van der Waals surface area (Å²) in [6.07, 6.45) is 11.9. The lowest BCUT2D eigenvalue weighted by Gasteiger charge is -2.90. The summed E-state index contributed by atoms with van der Waals surface area (Å²) >= 11 is 2.61. The third kappa shape index (κ3) is 0.757. The monoisotopic (exact) mass is 310 g/mol. The number of rotatable bonds is 0. The molecule has 0 nitrogen and oxygen atoms in total. The van der Waals surface area contributed by atoms with E-state index in [0.717, 1.165) is 15.4 Å². The Balaban J connectivity index is 1.43. The second-order valence-corrected chi connectivity index (χ2v) is 13.1. The van der Waals surface area contributed by atoms with Crippen LogP contribution in [0.25, 0.3) is 0 Å². The summed E-state index contributed by atoms with van der Waals surface area (Å²) < 4.78 is 0.855. The third-order valence-electron chi connectivity index (χ3n) is 11.8. The molecule has 0 N–H and O–H groups in total. The molecule has 0 aromatic heterocycles. The molecule has 11 saturated carbocycles. The van der Waals surface area contributed by atoms with Crippen LogP contribution in [-0.4, -0.2) is 10.00 Å². The highest BCUT2D eigenvalue weighted by molar-refractivity contribution is 8.01. The summed E-state index contributed by atoms with van der Waals surface area (Å²) in [5, 5.41) is 1.11. The van der Waals surface area contributed by atoms with Gasteiger partial charge in [-0.05, 0) is 115 Å². The van der Waals surface area contributed by atoms with Gasteiger partial charge in [0.05, 0.1) is 0 Å². The minimum atomic E-state index is 0.855. The Morgan fingerprint density at radius 1 is 0.591 bits per heavy atom. The summed E-state index contributed by atoms with van der Waals surface area (Å²) in [4.78, 5) is 0. The quantitative estimate of drug-likeness (QED) is 0.637. The fourth-order valence-corrected chi connectivity index (χ4v) is 15.1. The fourth-order valence-electron chi connectivity index (χ4n) is 12.6. The van der Waals surface area contributed by atoms with Crippen molar-refractivity contribution in [2.75, 3.05) is 0 Å². The summed E-state index contributed by atoms with van der Waals surface area (Å²) in [5.41, 5.74) is 0.925. The molecule has 11 aliphatic carbocycles. The van der Waals surface area contributed by atoms with Gasteiger partial charge in [0.1, 0.15) is 0 Å². The highest BCUT2D eigenvalue weighted by Gasteiger charge is 2.87. The van der Waals surface area contributed by atoms with Gasteiger partial charge in [-0.25, -0.2) is 0 Å². The minimum absolute atomic E-state index is 0.855. The van der Waals surface area contributed by atoms with Gasteiger partial charge in [-0.2, -0.15) is 11.8 Å². The Bertz CT molecular complexity index is 556. The van der Waals surface area contributed by atoms with Gasteiger partial charge in [-0.1, -0.05) is 0 Å². The molecule has 2 saturated heterocycles. The van der Waals surface area contributed by atoms with Gasteiger partial charge >= 0.3 is 0 Å². The maximum Gasteiger partial charge on any atom is 0.0233 e. The maximum atomic E-state index is 2.61. The molecule has 2 spiro atoms. The molecule has 13 rings (SSSR count). The topological polar surface area (TPSA) is 0 Å². The Kier molecular flexibility index (Phi) is 1.40. The van der Waals surface area contributed by atoms with E-state index in [4.69, 9.17) is 0 Å². The first-order valence-electron chi connectivity index (χ1n) is 10.5. The van der Waals surface area contributed by atoms with Crippen LogP contribution < -0.4 is 0 Å². The van der Waals surface area contributed by atoms with Crippen LogP contribution in [0.15, 0.2) is 0 Å². The largest absolute Gasteiger partial charge is 0.151 e. The van der Waals surface area contributed by atoms with Crippen molar-refractivity contribution in [3.63, 3.8) is 0 Å². The first-order chi connectivity index (χ1) is 10.8. The Morgan fingerprint density at radius 2 is 1.23 bits per heavy atom. The summed E-state index contributed by atoms with van der Waals surface area (Å²) in [7, 11) is 0. The van der Waals surface area contributed by atoms with E-state index < -0.39 is 0 Å². The van der Waals surface area contributed by atoms with E-state index in [0.29, 0.717) is 0 Å². The van der Waals surface area contributed by atoms with Crippen LogP contribution in [0.2, 0.25) is 0 Å². The smallest absolute Gasteiger partial charge is 0.0233 e. The number of hydrogen-bond acceptors (Lipinski definition) is 1. The van der Waals surface area contributed by atoms with Gasteiger partial charge in [-0.3, -0.25) is 0 Å². The van der Waals surface area contributed by atoms with Gasteiger partial charge in [0.25, 0.3) is 0 Å². The van der Waals surface area contributed by atoms with Gasteiger partial charge in [-0.15, -0.1) is 0 Å². The normalized spacial score (nSPS) is 85.1. The van der Waals surface area contributed by atoms with E-state index in [1.165, 1.54) is 65.1 Å². The molecule has 2 aliphatic heterocycles. The predicted octanol–water partition coefficient (Wildman–Crippen LogP) is 4.44. The van der Waals surface area contributed by atoms with Crippen LogP contribution in [0.1, 0.15) is 44.9 Å². The van der Waals surface area contributed by atoms with Crippen molar-refractivity contribution in [1.29, 1.82) is 0 Å². The van der Waals surface area contributed by atoms with Crippen molar-refractivity contribution < 1.29 is 0 Å². The van der Waals surface area contributed by atoms with E-state index >= 15 is 0 Å². The van der Waals surface area contributed by atoms with E-state index in [9.17, 15) is 0 Å². The van der Waals surface area contributed by atoms with Crippen LogP contribution in [0.4, 0.5) is 0 Å². The van der Waals surface area contributed by atoms with E-state index in [1.807, 2.05) is 0 Å². The zero-order valence-corrected chi connectivity index (χ0v) is 14.1. The Labute approximate surface area is 137 Å². The van der Waals surface area contributed by atoms with Crippen LogP contribution >= 0.6 is 11.8 Å². The van der Waals surface area contributed by atoms with Crippen molar-refractivity contribution in [3.05, 3.63) is 0 Å². The standard InChI is InChI=1S/C21H26S/c1-8-2-11-15-7-21-18-12-3-9(22-21)4-13-14(12)6-20(5-8,16(18)10(1)15)17(11)19(13)21/h8-19H,1-7H2. The van der Waals surface area contributed by atoms with Gasteiger partial charge in [0, 0.05) is 10.00 Å². The summed E-state index contributed by atoms with van der Waals surface area (Å²) in [5.74, 6) is 13.5. The molecule has 2 heterocycles. The molecule has 0 aromatic rings. The van der Waals surface area contributed by atoms with Crippen LogP contribution in [0.5, 0.6) is 0 Å². The van der Waals surface area contributed by atoms with Crippen molar-refractivity contribution in [1.82, 2.24) is 0 Å². The lowest BCUT2D eigenvalue weighted by molar-refractivity contribution is -0.374. The lowest BCUT2D eigenvalue weighted by Crippen LogP contribution is -2.87. The number of thioether (sulfide) groups is 1. The van der Waals surface area contributed by atoms with E-state index in [2.05, 4.69) is 11.8 Å². The molecule has 22 heavy (non-hydrogen) atoms. The van der Waals surface area contributed by atoms with Crippen LogP contribution in [-0.2, 0) is 0 Å². The second-order valence-electron chi connectivity index (χ2n) is 11.4. The highest BCUT2D eigenvalue weighted by Crippen LogP contribution is 2.91. The molecule has 13 fully saturated rings.